The van der Waals surface area contributed by atoms with Crippen LogP contribution in [0, 0.1) is 35.0 Å². The van der Waals surface area contributed by atoms with E-state index in [4.69, 9.17) is 0 Å². The molecule has 2 N–H and O–H groups in total. The van der Waals surface area contributed by atoms with Crippen LogP contribution >= 0.6 is 0 Å². The minimum Gasteiger partial charge on any atom is -0.389 e. The molecule has 2 aliphatic rings. The summed E-state index contributed by atoms with van der Waals surface area (Å²) in [6.07, 6.45) is 6.30. The summed E-state index contributed by atoms with van der Waals surface area (Å²) in [6.45, 7) is 10.7. The zero-order valence-electron chi connectivity index (χ0n) is 15.5. The van der Waals surface area contributed by atoms with E-state index >= 15 is 0 Å². The monoisotopic (exact) mass is 334 g/mol. The molecule has 0 spiro atoms. The first-order valence-electron chi connectivity index (χ1n) is 8.78. The van der Waals surface area contributed by atoms with Gasteiger partial charge in [-0.25, -0.2) is 0 Å². The number of aliphatic hydroxyl groups is 2. The van der Waals surface area contributed by atoms with E-state index in [-0.39, 0.29) is 35.2 Å². The predicted octanol–water partition coefficient (Wildman–Crippen LogP) is 2.54. The molecule has 0 aromatic carbocycles. The summed E-state index contributed by atoms with van der Waals surface area (Å²) in [7, 11) is 0. The van der Waals surface area contributed by atoms with Gasteiger partial charge in [-0.3, -0.25) is 9.59 Å². The van der Waals surface area contributed by atoms with Crippen LogP contribution in [0.2, 0.25) is 0 Å². The Kier molecular flexibility index (Phi) is 4.95. The van der Waals surface area contributed by atoms with Crippen molar-refractivity contribution in [3.05, 3.63) is 24.3 Å². The minimum absolute atomic E-state index is 0.00973. The van der Waals surface area contributed by atoms with Crippen LogP contribution in [0.3, 0.4) is 0 Å². The van der Waals surface area contributed by atoms with Gasteiger partial charge in [0.15, 0.2) is 11.4 Å². The fourth-order valence-corrected chi connectivity index (χ4v) is 3.98. The van der Waals surface area contributed by atoms with Gasteiger partial charge in [0.25, 0.3) is 0 Å². The number of aliphatic hydroxyl groups excluding tert-OH is 1. The van der Waals surface area contributed by atoms with Crippen LogP contribution in [-0.2, 0) is 9.59 Å². The molecule has 0 aliphatic heterocycles. The van der Waals surface area contributed by atoms with Crippen molar-refractivity contribution in [3.8, 4) is 0 Å². The summed E-state index contributed by atoms with van der Waals surface area (Å²) in [5, 5.41) is 21.9. The van der Waals surface area contributed by atoms with Crippen LogP contribution in [0.4, 0.5) is 0 Å². The van der Waals surface area contributed by atoms with E-state index in [1.165, 1.54) is 6.92 Å². The van der Waals surface area contributed by atoms with Crippen molar-refractivity contribution < 1.29 is 19.8 Å². The molecule has 1 saturated carbocycles. The fourth-order valence-electron chi connectivity index (χ4n) is 3.98. The van der Waals surface area contributed by atoms with Crippen LogP contribution in [0.1, 0.15) is 41.5 Å². The first-order chi connectivity index (χ1) is 10.9. The molecular weight excluding hydrogens is 304 g/mol. The Morgan fingerprint density at radius 2 is 1.92 bits per heavy atom. The van der Waals surface area contributed by atoms with E-state index < -0.39 is 23.0 Å². The van der Waals surface area contributed by atoms with Crippen molar-refractivity contribution in [3.63, 3.8) is 0 Å². The molecule has 0 saturated heterocycles. The zero-order valence-corrected chi connectivity index (χ0v) is 15.5. The first kappa shape index (κ1) is 19.1. The van der Waals surface area contributed by atoms with Gasteiger partial charge in [-0.15, -0.1) is 0 Å². The van der Waals surface area contributed by atoms with Gasteiger partial charge >= 0.3 is 0 Å². The summed E-state index contributed by atoms with van der Waals surface area (Å²) < 4.78 is 0. The maximum atomic E-state index is 13.0. The largest absolute Gasteiger partial charge is 0.389 e. The highest BCUT2D eigenvalue weighted by Crippen LogP contribution is 2.48. The highest BCUT2D eigenvalue weighted by molar-refractivity contribution is 5.93. The number of hydrogen-bond donors (Lipinski definition) is 2. The quantitative estimate of drug-likeness (QED) is 0.775. The van der Waals surface area contributed by atoms with Crippen LogP contribution in [0.5, 0.6) is 0 Å². The van der Waals surface area contributed by atoms with Crippen LogP contribution in [-0.4, -0.2) is 33.5 Å². The van der Waals surface area contributed by atoms with Crippen molar-refractivity contribution in [2.45, 2.75) is 53.2 Å². The lowest BCUT2D eigenvalue weighted by molar-refractivity contribution is -0.183. The maximum absolute atomic E-state index is 13.0. The first-order valence-corrected chi connectivity index (χ1v) is 8.78. The third-order valence-electron chi connectivity index (χ3n) is 6.27. The molecule has 0 aromatic heterocycles. The number of ketones is 2. The van der Waals surface area contributed by atoms with Crippen molar-refractivity contribution in [2.24, 2.45) is 35.0 Å². The number of carbonyl (C=O) groups excluding carboxylic acids is 2. The molecule has 0 radical (unpaired) electrons. The Labute approximate surface area is 144 Å². The van der Waals surface area contributed by atoms with Gasteiger partial charge in [0.05, 0.1) is 6.10 Å². The smallest absolute Gasteiger partial charge is 0.171 e. The van der Waals surface area contributed by atoms with Crippen molar-refractivity contribution >= 4 is 11.6 Å². The number of rotatable bonds is 4. The molecule has 1 fully saturated rings. The van der Waals surface area contributed by atoms with Crippen molar-refractivity contribution in [2.75, 3.05) is 0 Å². The average Bonchev–Trinajstić information content (AvgIpc) is 2.90. The van der Waals surface area contributed by atoms with Gasteiger partial charge in [-0.2, -0.15) is 0 Å². The van der Waals surface area contributed by atoms with Crippen LogP contribution in [0.25, 0.3) is 0 Å². The number of allylic oxidation sites excluding steroid dienone is 3. The number of fused-ring (bicyclic) bond motifs is 1. The lowest BCUT2D eigenvalue weighted by Gasteiger charge is -2.48. The Balaban J connectivity index is 2.34. The molecule has 0 heterocycles. The predicted molar refractivity (Wildman–Crippen MR) is 93.2 cm³/mol. The molecule has 0 aromatic rings. The third-order valence-corrected chi connectivity index (χ3v) is 6.27. The van der Waals surface area contributed by atoms with Crippen LogP contribution in [0.15, 0.2) is 24.3 Å². The lowest BCUT2D eigenvalue weighted by Crippen LogP contribution is -2.64. The highest BCUT2D eigenvalue weighted by atomic mass is 16.4. The molecule has 0 amide bonds. The molecule has 7 atom stereocenters. The molecule has 4 nitrogen and oxygen atoms in total. The van der Waals surface area contributed by atoms with E-state index in [0.717, 1.165) is 0 Å². The second-order valence-electron chi connectivity index (χ2n) is 8.27. The van der Waals surface area contributed by atoms with E-state index in [0.29, 0.717) is 0 Å². The third kappa shape index (κ3) is 2.80. The van der Waals surface area contributed by atoms with Crippen molar-refractivity contribution in [1.29, 1.82) is 0 Å². The molecule has 2 rings (SSSR count). The highest BCUT2D eigenvalue weighted by Gasteiger charge is 2.59. The van der Waals surface area contributed by atoms with Crippen LogP contribution < -0.4 is 0 Å². The van der Waals surface area contributed by atoms with E-state index in [1.54, 1.807) is 32.9 Å². The van der Waals surface area contributed by atoms with E-state index in [1.807, 2.05) is 26.0 Å². The minimum atomic E-state index is -1.82. The SMILES string of the molecule is CC(=O)C(C)(C)/C=C/[C@@H](C)[C@@]1(O)C(=O)[C@H]2[C@@H](C=C[C@@H]2C)[C@H](C)[C@@H]1O. The molecular formula is C20H30O4. The second kappa shape index (κ2) is 6.23. The molecule has 4 heteroatoms. The van der Waals surface area contributed by atoms with Gasteiger partial charge in [0.1, 0.15) is 5.78 Å². The summed E-state index contributed by atoms with van der Waals surface area (Å²) in [5.74, 6) is -1.29. The zero-order chi connectivity index (χ0) is 18.4. The maximum Gasteiger partial charge on any atom is 0.171 e. The number of Topliss-reactive ketones (excluding diaryl/α,β-unsaturated/α-hetero) is 2. The molecule has 2 aliphatic carbocycles. The van der Waals surface area contributed by atoms with Gasteiger partial charge in [-0.05, 0) is 38.5 Å². The summed E-state index contributed by atoms with van der Waals surface area (Å²) in [5.41, 5.74) is -2.48. The lowest BCUT2D eigenvalue weighted by atomic mass is 9.59. The average molecular weight is 334 g/mol. The van der Waals surface area contributed by atoms with Gasteiger partial charge in [0, 0.05) is 17.3 Å². The Morgan fingerprint density at radius 3 is 2.46 bits per heavy atom. The summed E-state index contributed by atoms with van der Waals surface area (Å²) >= 11 is 0. The Morgan fingerprint density at radius 1 is 1.33 bits per heavy atom. The number of carbonyl (C=O) groups is 2. The van der Waals surface area contributed by atoms with Gasteiger partial charge in [-0.1, -0.05) is 45.1 Å². The van der Waals surface area contributed by atoms with Gasteiger partial charge in [0.2, 0.25) is 0 Å². The molecule has 0 bridgehead atoms. The van der Waals surface area contributed by atoms with Crippen molar-refractivity contribution in [1.82, 2.24) is 0 Å². The molecule has 0 unspecified atom stereocenters. The fraction of sp³-hybridized carbons (Fsp3) is 0.700. The standard InChI is InChI=1S/C20H30O4/c1-11-7-8-15-13(3)17(22)20(24,18(23)16(11)15)12(2)9-10-19(5,6)14(4)21/h7-13,15-17,22,24H,1-6H3/b10-9+/t11-,12+,13-,15-,16+,17-,20-/m0/s1. The normalized spacial score (nSPS) is 40.8. The Hall–Kier alpha value is -1.26. The second-order valence-corrected chi connectivity index (χ2v) is 8.27. The van der Waals surface area contributed by atoms with E-state index in [9.17, 15) is 19.8 Å². The topological polar surface area (TPSA) is 74.6 Å². The Bertz CT molecular complexity index is 588. The summed E-state index contributed by atoms with van der Waals surface area (Å²) in [4.78, 5) is 24.7. The summed E-state index contributed by atoms with van der Waals surface area (Å²) in [6, 6.07) is 0. The molecule has 24 heavy (non-hydrogen) atoms. The number of hydrogen-bond acceptors (Lipinski definition) is 4. The van der Waals surface area contributed by atoms with E-state index in [2.05, 4.69) is 0 Å². The molecule has 134 valence electrons. The van der Waals surface area contributed by atoms with Gasteiger partial charge < -0.3 is 10.2 Å².